The standard InChI is InChI=1S/C22H22FN5O4S/c1-13-5-15(27-33(31)10-22(11-33)8-28(9-22)21(30)32-2)7-17-19(13)20(25-12-24-17)26-16-4-3-14(23)6-18(16)29/h3-7,12,29H,8-11H2,1-2H3,(H,24,25,26). The zero-order chi connectivity index (χ0) is 23.4. The Hall–Kier alpha value is -3.47. The van der Waals surface area contributed by atoms with Gasteiger partial charge < -0.3 is 20.1 Å². The van der Waals surface area contributed by atoms with Crippen LogP contribution in [0.15, 0.2) is 41.0 Å². The highest BCUT2D eigenvalue weighted by Crippen LogP contribution is 2.44. The van der Waals surface area contributed by atoms with Crippen LogP contribution in [0.3, 0.4) is 0 Å². The molecule has 2 aliphatic heterocycles. The molecule has 0 saturated carbocycles. The van der Waals surface area contributed by atoms with Gasteiger partial charge in [-0.05, 0) is 36.8 Å². The number of ether oxygens (including phenoxy) is 1. The molecule has 2 aromatic carbocycles. The van der Waals surface area contributed by atoms with Gasteiger partial charge in [0.15, 0.2) is 0 Å². The van der Waals surface area contributed by atoms with E-state index in [1.165, 1.54) is 25.6 Å². The number of rotatable bonds is 3. The van der Waals surface area contributed by atoms with Gasteiger partial charge in [-0.25, -0.2) is 23.4 Å². The van der Waals surface area contributed by atoms with Gasteiger partial charge in [0.1, 0.15) is 23.7 Å². The van der Waals surface area contributed by atoms with E-state index in [-0.39, 0.29) is 17.3 Å². The van der Waals surface area contributed by atoms with E-state index in [1.54, 1.807) is 11.0 Å². The monoisotopic (exact) mass is 471 g/mol. The number of phenolic OH excluding ortho intramolecular Hbond substituents is 1. The van der Waals surface area contributed by atoms with Crippen molar-refractivity contribution in [2.75, 3.05) is 37.0 Å². The van der Waals surface area contributed by atoms with E-state index in [9.17, 15) is 18.5 Å². The lowest BCUT2D eigenvalue weighted by atomic mass is 9.83. The molecule has 33 heavy (non-hydrogen) atoms. The van der Waals surface area contributed by atoms with Crippen LogP contribution in [0.5, 0.6) is 5.75 Å². The number of methoxy groups -OCH3 is 1. The number of hydrogen-bond acceptors (Lipinski definition) is 8. The molecule has 2 N–H and O–H groups in total. The highest BCUT2D eigenvalue weighted by molar-refractivity contribution is 7.95. The number of benzene rings is 2. The number of anilines is 2. The van der Waals surface area contributed by atoms with Gasteiger partial charge in [0, 0.05) is 41.5 Å². The molecule has 0 bridgehead atoms. The highest BCUT2D eigenvalue weighted by Gasteiger charge is 2.56. The molecule has 1 spiro atoms. The molecular weight excluding hydrogens is 449 g/mol. The molecule has 11 heteroatoms. The number of aromatic hydroxyl groups is 1. The first kappa shape index (κ1) is 21.4. The number of carbonyl (C=O) groups excluding carboxylic acids is 1. The van der Waals surface area contributed by atoms with Crippen molar-refractivity contribution in [1.29, 1.82) is 0 Å². The number of hydrogen-bond donors (Lipinski definition) is 2. The number of carbonyl (C=O) groups is 1. The fraction of sp³-hybridized carbons (Fsp3) is 0.318. The SMILES string of the molecule is COC(=O)N1CC2(C1)CS(=O)(=Nc1cc(C)c3c(Nc4ccc(F)cc4O)ncnc3c1)C2. The molecule has 0 unspecified atom stereocenters. The summed E-state index contributed by atoms with van der Waals surface area (Å²) in [7, 11) is -1.05. The zero-order valence-electron chi connectivity index (χ0n) is 18.0. The summed E-state index contributed by atoms with van der Waals surface area (Å²) in [6.07, 6.45) is 1.02. The van der Waals surface area contributed by atoms with Crippen molar-refractivity contribution in [2.24, 2.45) is 9.78 Å². The summed E-state index contributed by atoms with van der Waals surface area (Å²) in [6.45, 7) is 2.96. The molecule has 0 atom stereocenters. The van der Waals surface area contributed by atoms with E-state index in [1.807, 2.05) is 13.0 Å². The third-order valence-electron chi connectivity index (χ3n) is 5.95. The van der Waals surface area contributed by atoms with E-state index >= 15 is 0 Å². The van der Waals surface area contributed by atoms with Crippen molar-refractivity contribution in [1.82, 2.24) is 14.9 Å². The Bertz CT molecular complexity index is 1400. The molecule has 1 amide bonds. The summed E-state index contributed by atoms with van der Waals surface area (Å²) in [5.74, 6) is 0.578. The van der Waals surface area contributed by atoms with E-state index in [0.717, 1.165) is 11.6 Å². The number of amides is 1. The molecule has 3 heterocycles. The number of fused-ring (bicyclic) bond motifs is 1. The van der Waals surface area contributed by atoms with Crippen molar-refractivity contribution in [2.45, 2.75) is 6.92 Å². The quantitative estimate of drug-likeness (QED) is 0.559. The topological polar surface area (TPSA) is 117 Å². The number of phenols is 1. The normalized spacial score (nSPS) is 17.8. The van der Waals surface area contributed by atoms with Gasteiger partial charge in [-0.3, -0.25) is 0 Å². The second kappa shape index (κ2) is 7.55. The second-order valence-electron chi connectivity index (χ2n) is 8.64. The first-order chi connectivity index (χ1) is 15.7. The molecule has 2 aliphatic rings. The molecule has 2 saturated heterocycles. The third-order valence-corrected chi connectivity index (χ3v) is 8.62. The summed E-state index contributed by atoms with van der Waals surface area (Å²) < 4.78 is 35.7. The number of nitrogens with zero attached hydrogens (tertiary/aromatic N) is 4. The van der Waals surface area contributed by atoms with Crippen LogP contribution in [0.25, 0.3) is 10.9 Å². The predicted octanol–water partition coefficient (Wildman–Crippen LogP) is 3.71. The fourth-order valence-corrected chi connectivity index (χ4v) is 7.45. The molecule has 0 aliphatic carbocycles. The zero-order valence-corrected chi connectivity index (χ0v) is 18.9. The van der Waals surface area contributed by atoms with Crippen LogP contribution in [0.2, 0.25) is 0 Å². The van der Waals surface area contributed by atoms with E-state index in [4.69, 9.17) is 4.74 Å². The van der Waals surface area contributed by atoms with Crippen LogP contribution >= 0.6 is 0 Å². The molecule has 172 valence electrons. The van der Waals surface area contributed by atoms with Crippen molar-refractivity contribution >= 4 is 43.9 Å². The molecule has 5 rings (SSSR count). The maximum absolute atomic E-state index is 13.3. The van der Waals surface area contributed by atoms with E-state index in [2.05, 4.69) is 19.6 Å². The van der Waals surface area contributed by atoms with Crippen LogP contribution < -0.4 is 5.32 Å². The van der Waals surface area contributed by atoms with Gasteiger partial charge in [-0.2, -0.15) is 4.36 Å². The summed E-state index contributed by atoms with van der Waals surface area (Å²) in [4.78, 5) is 21.8. The molecule has 1 aromatic heterocycles. The molecule has 2 fully saturated rings. The summed E-state index contributed by atoms with van der Waals surface area (Å²) in [5.41, 5.74) is 2.17. The van der Waals surface area contributed by atoms with Gasteiger partial charge in [-0.15, -0.1) is 0 Å². The van der Waals surface area contributed by atoms with Crippen LogP contribution in [0, 0.1) is 18.2 Å². The minimum Gasteiger partial charge on any atom is -0.506 e. The average Bonchev–Trinajstić information content (AvgIpc) is 2.71. The molecule has 9 nitrogen and oxygen atoms in total. The van der Waals surface area contributed by atoms with Crippen LogP contribution in [-0.4, -0.2) is 62.0 Å². The maximum atomic E-state index is 13.3. The molecule has 0 radical (unpaired) electrons. The van der Waals surface area contributed by atoms with Gasteiger partial charge in [-0.1, -0.05) is 0 Å². The first-order valence-corrected chi connectivity index (χ1v) is 12.1. The number of halogens is 1. The lowest BCUT2D eigenvalue weighted by Crippen LogP contribution is -2.69. The highest BCUT2D eigenvalue weighted by atomic mass is 32.2. The third kappa shape index (κ3) is 3.82. The van der Waals surface area contributed by atoms with Crippen molar-refractivity contribution in [3.63, 3.8) is 0 Å². The van der Waals surface area contributed by atoms with Gasteiger partial charge >= 0.3 is 6.09 Å². The summed E-state index contributed by atoms with van der Waals surface area (Å²) in [6, 6.07) is 7.25. The Morgan fingerprint density at radius 3 is 2.73 bits per heavy atom. The smallest absolute Gasteiger partial charge is 0.409 e. The average molecular weight is 472 g/mol. The molecule has 3 aromatic rings. The molecular formula is C22H22FN5O4S. The maximum Gasteiger partial charge on any atom is 0.409 e. The Balaban J connectivity index is 1.40. The first-order valence-electron chi connectivity index (χ1n) is 10.3. The van der Waals surface area contributed by atoms with Crippen LogP contribution in [0.1, 0.15) is 5.56 Å². The fourth-order valence-electron chi connectivity index (χ4n) is 4.63. The predicted molar refractivity (Wildman–Crippen MR) is 122 cm³/mol. The minimum absolute atomic E-state index is 0.128. The Kier molecular flexibility index (Phi) is 4.89. The van der Waals surface area contributed by atoms with Crippen molar-refractivity contribution in [3.05, 3.63) is 48.0 Å². The van der Waals surface area contributed by atoms with E-state index in [0.29, 0.717) is 52.7 Å². The number of nitrogens with one attached hydrogen (secondary N) is 1. The van der Waals surface area contributed by atoms with Gasteiger partial charge in [0.25, 0.3) is 0 Å². The largest absolute Gasteiger partial charge is 0.506 e. The van der Waals surface area contributed by atoms with Crippen molar-refractivity contribution in [3.8, 4) is 5.75 Å². The van der Waals surface area contributed by atoms with Crippen LogP contribution in [-0.2, 0) is 14.5 Å². The lowest BCUT2D eigenvalue weighted by molar-refractivity contribution is 0.0228. The Morgan fingerprint density at radius 1 is 1.27 bits per heavy atom. The van der Waals surface area contributed by atoms with Crippen LogP contribution in [0.4, 0.5) is 26.4 Å². The number of aryl methyl sites for hydroxylation is 1. The van der Waals surface area contributed by atoms with Gasteiger partial charge in [0.05, 0.1) is 33.7 Å². The lowest BCUT2D eigenvalue weighted by Gasteiger charge is -2.55. The summed E-state index contributed by atoms with van der Waals surface area (Å²) in [5, 5.41) is 13.7. The minimum atomic E-state index is -2.40. The Labute approximate surface area is 189 Å². The second-order valence-corrected chi connectivity index (χ2v) is 10.9. The van der Waals surface area contributed by atoms with Crippen molar-refractivity contribution < 1.29 is 23.2 Å². The van der Waals surface area contributed by atoms with E-state index < -0.39 is 15.5 Å². The van der Waals surface area contributed by atoms with Gasteiger partial charge in [0.2, 0.25) is 0 Å². The number of aromatic nitrogens is 2. The Morgan fingerprint density at radius 2 is 2.03 bits per heavy atom. The number of likely N-dealkylation sites (tertiary alicyclic amines) is 1. The summed E-state index contributed by atoms with van der Waals surface area (Å²) >= 11 is 0.